The van der Waals surface area contributed by atoms with Gasteiger partial charge in [0.2, 0.25) is 0 Å². The summed E-state index contributed by atoms with van der Waals surface area (Å²) in [7, 11) is 1.15. The van der Waals surface area contributed by atoms with E-state index in [1.807, 2.05) is 6.26 Å². The first-order valence-corrected chi connectivity index (χ1v) is 6.65. The van der Waals surface area contributed by atoms with Crippen LogP contribution in [0, 0.1) is 0 Å². The Bertz CT molecular complexity index is 311. The Kier molecular flexibility index (Phi) is 7.93. The predicted octanol–water partition coefficient (Wildman–Crippen LogP) is 0.0534. The highest BCUT2D eigenvalue weighted by molar-refractivity contribution is 7.98. The number of carbonyl (C=O) groups is 3. The van der Waals surface area contributed by atoms with Gasteiger partial charge in [-0.2, -0.15) is 11.8 Å². The lowest BCUT2D eigenvalue weighted by Crippen LogP contribution is -2.49. The number of hydrogen-bond donors (Lipinski definition) is 3. The number of ether oxygens (including phenoxy) is 1. The van der Waals surface area contributed by atoms with Gasteiger partial charge in [-0.3, -0.25) is 4.79 Å². The van der Waals surface area contributed by atoms with Crippen molar-refractivity contribution < 1.29 is 24.2 Å². The molecular formula is C10H18N2O5S. The van der Waals surface area contributed by atoms with Gasteiger partial charge in [0.1, 0.15) is 6.04 Å². The molecule has 104 valence electrons. The molecule has 0 aliphatic rings. The fourth-order valence-corrected chi connectivity index (χ4v) is 1.75. The van der Waals surface area contributed by atoms with Crippen LogP contribution in [0.1, 0.15) is 13.3 Å². The Morgan fingerprint density at radius 3 is 2.39 bits per heavy atom. The van der Waals surface area contributed by atoms with Gasteiger partial charge in [0.25, 0.3) is 0 Å². The third-order valence-corrected chi connectivity index (χ3v) is 2.83. The number of carbonyl (C=O) groups excluding carboxylic acids is 2. The number of carboxylic acid groups (broad SMARTS) is 1. The van der Waals surface area contributed by atoms with E-state index >= 15 is 0 Å². The van der Waals surface area contributed by atoms with Crippen molar-refractivity contribution in [2.75, 3.05) is 19.1 Å². The van der Waals surface area contributed by atoms with Gasteiger partial charge in [-0.05, 0) is 13.2 Å². The number of amides is 2. The van der Waals surface area contributed by atoms with Crippen LogP contribution in [0.3, 0.4) is 0 Å². The van der Waals surface area contributed by atoms with E-state index in [0.717, 1.165) is 7.11 Å². The van der Waals surface area contributed by atoms with E-state index in [9.17, 15) is 14.4 Å². The molecule has 18 heavy (non-hydrogen) atoms. The molecule has 0 aromatic heterocycles. The molecule has 0 spiro atoms. The van der Waals surface area contributed by atoms with Crippen LogP contribution >= 0.6 is 11.8 Å². The average molecular weight is 278 g/mol. The van der Waals surface area contributed by atoms with Crippen LogP contribution in [0.4, 0.5) is 4.79 Å². The molecule has 2 amide bonds. The van der Waals surface area contributed by atoms with E-state index in [2.05, 4.69) is 15.4 Å². The molecule has 0 saturated heterocycles. The Morgan fingerprint density at radius 2 is 1.94 bits per heavy atom. The summed E-state index contributed by atoms with van der Waals surface area (Å²) < 4.78 is 4.35. The maximum absolute atomic E-state index is 11.5. The van der Waals surface area contributed by atoms with E-state index in [0.29, 0.717) is 5.75 Å². The Hall–Kier alpha value is -1.44. The number of hydrogen-bond acceptors (Lipinski definition) is 5. The zero-order valence-electron chi connectivity index (χ0n) is 10.6. The van der Waals surface area contributed by atoms with Crippen molar-refractivity contribution in [3.05, 3.63) is 0 Å². The first-order valence-electron chi connectivity index (χ1n) is 5.26. The molecule has 8 heteroatoms. The van der Waals surface area contributed by atoms with Gasteiger partial charge < -0.3 is 20.5 Å². The molecule has 0 aliphatic heterocycles. The summed E-state index contributed by atoms with van der Waals surface area (Å²) in [5.74, 6) is -1.27. The lowest BCUT2D eigenvalue weighted by atomic mass is 10.2. The number of nitrogens with one attached hydrogen (secondary N) is 2. The fourth-order valence-electron chi connectivity index (χ4n) is 1.17. The van der Waals surface area contributed by atoms with Crippen molar-refractivity contribution in [2.45, 2.75) is 25.4 Å². The summed E-state index contributed by atoms with van der Waals surface area (Å²) in [6.07, 6.45) is 1.49. The zero-order valence-corrected chi connectivity index (χ0v) is 11.4. The number of carboxylic acids is 1. The normalized spacial score (nSPS) is 13.3. The van der Waals surface area contributed by atoms with E-state index < -0.39 is 30.4 Å². The SMILES string of the molecule is COC(=O)C[C@H](NC(=O)NC(C)CSC)C(=O)O. The van der Waals surface area contributed by atoms with Gasteiger partial charge >= 0.3 is 18.0 Å². The summed E-state index contributed by atoms with van der Waals surface area (Å²) in [6.45, 7) is 1.80. The molecule has 2 atom stereocenters. The van der Waals surface area contributed by atoms with Crippen LogP contribution < -0.4 is 10.6 Å². The number of urea groups is 1. The van der Waals surface area contributed by atoms with Crippen LogP contribution in [-0.4, -0.2) is 54.3 Å². The van der Waals surface area contributed by atoms with Crippen molar-refractivity contribution in [3.63, 3.8) is 0 Å². The van der Waals surface area contributed by atoms with E-state index in [4.69, 9.17) is 5.11 Å². The Labute approximate surface area is 110 Å². The molecule has 3 N–H and O–H groups in total. The maximum Gasteiger partial charge on any atom is 0.326 e. The monoisotopic (exact) mass is 278 g/mol. The minimum absolute atomic E-state index is 0.0902. The quantitative estimate of drug-likeness (QED) is 0.568. The molecular weight excluding hydrogens is 260 g/mol. The highest BCUT2D eigenvalue weighted by Crippen LogP contribution is 1.98. The van der Waals surface area contributed by atoms with Crippen molar-refractivity contribution in [3.8, 4) is 0 Å². The topological polar surface area (TPSA) is 105 Å². The van der Waals surface area contributed by atoms with Crippen LogP contribution in [0.2, 0.25) is 0 Å². The van der Waals surface area contributed by atoms with Gasteiger partial charge in [0.15, 0.2) is 0 Å². The van der Waals surface area contributed by atoms with Crippen LogP contribution in [0.25, 0.3) is 0 Å². The number of thioether (sulfide) groups is 1. The lowest BCUT2D eigenvalue weighted by molar-refractivity contribution is -0.147. The Balaban J connectivity index is 4.28. The summed E-state index contributed by atoms with van der Waals surface area (Å²) in [4.78, 5) is 33.3. The van der Waals surface area contributed by atoms with Gasteiger partial charge in [0, 0.05) is 11.8 Å². The number of rotatable bonds is 7. The maximum atomic E-state index is 11.5. The van der Waals surface area contributed by atoms with Crippen molar-refractivity contribution in [1.82, 2.24) is 10.6 Å². The molecule has 0 heterocycles. The average Bonchev–Trinajstić information content (AvgIpc) is 2.27. The van der Waals surface area contributed by atoms with E-state index in [1.165, 1.54) is 0 Å². The molecule has 0 fully saturated rings. The van der Waals surface area contributed by atoms with Crippen LogP contribution in [0.5, 0.6) is 0 Å². The van der Waals surface area contributed by atoms with Crippen LogP contribution in [-0.2, 0) is 14.3 Å². The summed E-state index contributed by atoms with van der Waals surface area (Å²) in [5, 5.41) is 13.6. The third kappa shape index (κ3) is 7.00. The lowest BCUT2D eigenvalue weighted by Gasteiger charge is -2.17. The minimum Gasteiger partial charge on any atom is -0.480 e. The molecule has 0 rings (SSSR count). The Morgan fingerprint density at radius 1 is 1.33 bits per heavy atom. The third-order valence-electron chi connectivity index (χ3n) is 2.00. The molecule has 0 saturated carbocycles. The second kappa shape index (κ2) is 8.62. The summed E-state index contributed by atoms with van der Waals surface area (Å²) in [5.41, 5.74) is 0. The fraction of sp³-hybridized carbons (Fsp3) is 0.700. The number of esters is 1. The second-order valence-electron chi connectivity index (χ2n) is 3.65. The number of methoxy groups -OCH3 is 1. The van der Waals surface area contributed by atoms with Gasteiger partial charge in [0.05, 0.1) is 13.5 Å². The van der Waals surface area contributed by atoms with Gasteiger partial charge in [-0.1, -0.05) is 0 Å². The highest BCUT2D eigenvalue weighted by Gasteiger charge is 2.24. The molecule has 0 bridgehead atoms. The molecule has 0 aromatic rings. The van der Waals surface area contributed by atoms with Crippen LogP contribution in [0.15, 0.2) is 0 Å². The smallest absolute Gasteiger partial charge is 0.326 e. The summed E-state index contributed by atoms with van der Waals surface area (Å²) >= 11 is 1.56. The molecule has 0 aromatic carbocycles. The summed E-state index contributed by atoms with van der Waals surface area (Å²) in [6, 6.07) is -2.00. The molecule has 1 unspecified atom stereocenters. The molecule has 0 aliphatic carbocycles. The standard InChI is InChI=1S/C10H18N2O5S/c1-6(5-18-3)11-10(16)12-7(9(14)15)4-8(13)17-2/h6-7H,4-5H2,1-3H3,(H,14,15)(H2,11,12,16)/t6?,7-/m0/s1. The van der Waals surface area contributed by atoms with Gasteiger partial charge in [-0.25, -0.2) is 9.59 Å². The van der Waals surface area contributed by atoms with Crippen molar-refractivity contribution in [1.29, 1.82) is 0 Å². The first-order chi connectivity index (χ1) is 8.40. The van der Waals surface area contributed by atoms with E-state index in [1.54, 1.807) is 18.7 Å². The molecule has 7 nitrogen and oxygen atoms in total. The number of aliphatic carboxylic acids is 1. The highest BCUT2D eigenvalue weighted by atomic mass is 32.2. The van der Waals surface area contributed by atoms with Crippen molar-refractivity contribution in [2.24, 2.45) is 0 Å². The zero-order chi connectivity index (χ0) is 14.1. The minimum atomic E-state index is -1.29. The van der Waals surface area contributed by atoms with Crippen molar-refractivity contribution >= 4 is 29.7 Å². The van der Waals surface area contributed by atoms with E-state index in [-0.39, 0.29) is 6.04 Å². The second-order valence-corrected chi connectivity index (χ2v) is 4.56. The van der Waals surface area contributed by atoms with Gasteiger partial charge in [-0.15, -0.1) is 0 Å². The largest absolute Gasteiger partial charge is 0.480 e. The predicted molar refractivity (Wildman–Crippen MR) is 67.6 cm³/mol. The molecule has 0 radical (unpaired) electrons. The first kappa shape index (κ1) is 16.6.